The minimum Gasteiger partial charge on any atom is -0.493 e. The molecule has 0 bridgehead atoms. The van der Waals surface area contributed by atoms with Crippen LogP contribution in [0.3, 0.4) is 0 Å². The zero-order valence-corrected chi connectivity index (χ0v) is 19.6. The lowest BCUT2D eigenvalue weighted by Gasteiger charge is -2.40. The van der Waals surface area contributed by atoms with E-state index in [4.69, 9.17) is 18.9 Å². The SMILES string of the molecule is CN=C(NCCc1ccc(OC)c(OC)c1OC)NCC1CCCOC1C(C)(C)C. The molecule has 0 radical (unpaired) electrons. The van der Waals surface area contributed by atoms with Crippen LogP contribution in [0.15, 0.2) is 17.1 Å². The highest BCUT2D eigenvalue weighted by atomic mass is 16.5. The number of rotatable bonds is 8. The zero-order valence-electron chi connectivity index (χ0n) is 19.6. The molecule has 0 aromatic heterocycles. The molecular weight excluding hydrogens is 382 g/mol. The number of nitrogens with one attached hydrogen (secondary N) is 2. The summed E-state index contributed by atoms with van der Waals surface area (Å²) in [4.78, 5) is 4.37. The van der Waals surface area contributed by atoms with Crippen molar-refractivity contribution in [2.75, 3.05) is 48.1 Å². The average Bonchev–Trinajstić information content (AvgIpc) is 2.74. The van der Waals surface area contributed by atoms with E-state index in [2.05, 4.69) is 36.4 Å². The molecule has 2 unspecified atom stereocenters. The minimum atomic E-state index is 0.133. The van der Waals surface area contributed by atoms with Crippen LogP contribution in [0.2, 0.25) is 0 Å². The number of guanidine groups is 1. The number of benzene rings is 1. The summed E-state index contributed by atoms with van der Waals surface area (Å²) in [7, 11) is 6.68. The third-order valence-electron chi connectivity index (χ3n) is 5.53. The fourth-order valence-corrected chi connectivity index (χ4v) is 4.13. The highest BCUT2D eigenvalue weighted by molar-refractivity contribution is 5.79. The fourth-order valence-electron chi connectivity index (χ4n) is 4.13. The van der Waals surface area contributed by atoms with Gasteiger partial charge in [0.2, 0.25) is 5.75 Å². The lowest BCUT2D eigenvalue weighted by molar-refractivity contribution is -0.0835. The van der Waals surface area contributed by atoms with Crippen LogP contribution in [0.5, 0.6) is 17.2 Å². The Morgan fingerprint density at radius 2 is 1.83 bits per heavy atom. The lowest BCUT2D eigenvalue weighted by atomic mass is 9.78. The Hall–Kier alpha value is -2.15. The molecule has 1 aliphatic heterocycles. The molecule has 1 aromatic carbocycles. The Labute approximate surface area is 181 Å². The molecule has 1 heterocycles. The van der Waals surface area contributed by atoms with Gasteiger partial charge in [-0.25, -0.2) is 0 Å². The van der Waals surface area contributed by atoms with Gasteiger partial charge in [-0.15, -0.1) is 0 Å². The van der Waals surface area contributed by atoms with Crippen molar-refractivity contribution >= 4 is 5.96 Å². The Balaban J connectivity index is 1.92. The predicted molar refractivity (Wildman–Crippen MR) is 121 cm³/mol. The Morgan fingerprint density at radius 1 is 1.10 bits per heavy atom. The second-order valence-electron chi connectivity index (χ2n) is 8.68. The van der Waals surface area contributed by atoms with E-state index in [1.807, 2.05) is 12.1 Å². The Bertz CT molecular complexity index is 700. The molecule has 0 amide bonds. The van der Waals surface area contributed by atoms with Crippen LogP contribution >= 0.6 is 0 Å². The van der Waals surface area contributed by atoms with Crippen LogP contribution in [0.1, 0.15) is 39.2 Å². The highest BCUT2D eigenvalue weighted by Gasteiger charge is 2.35. The second kappa shape index (κ2) is 11.3. The molecule has 1 saturated heterocycles. The summed E-state index contributed by atoms with van der Waals surface area (Å²) in [5.41, 5.74) is 1.18. The van der Waals surface area contributed by atoms with Gasteiger partial charge in [0.15, 0.2) is 17.5 Å². The number of hydrogen-bond acceptors (Lipinski definition) is 5. The maximum atomic E-state index is 6.09. The normalized spacial score (nSPS) is 19.9. The molecule has 1 fully saturated rings. The minimum absolute atomic E-state index is 0.133. The zero-order chi connectivity index (χ0) is 22.1. The first-order valence-corrected chi connectivity index (χ1v) is 10.7. The quantitative estimate of drug-likeness (QED) is 0.496. The Kier molecular flexibility index (Phi) is 9.08. The van der Waals surface area contributed by atoms with Gasteiger partial charge in [0.1, 0.15) is 0 Å². The number of ether oxygens (including phenoxy) is 4. The summed E-state index contributed by atoms with van der Waals surface area (Å²) >= 11 is 0. The molecule has 2 rings (SSSR count). The first-order valence-electron chi connectivity index (χ1n) is 10.7. The number of aliphatic imine (C=N–C) groups is 1. The van der Waals surface area contributed by atoms with Gasteiger partial charge in [-0.3, -0.25) is 4.99 Å². The van der Waals surface area contributed by atoms with E-state index >= 15 is 0 Å². The van der Waals surface area contributed by atoms with Crippen LogP contribution < -0.4 is 24.8 Å². The molecule has 0 aliphatic carbocycles. The lowest BCUT2D eigenvalue weighted by Crippen LogP contribution is -2.47. The van der Waals surface area contributed by atoms with Gasteiger partial charge < -0.3 is 29.6 Å². The maximum Gasteiger partial charge on any atom is 0.203 e. The van der Waals surface area contributed by atoms with Crippen LogP contribution in [0.25, 0.3) is 0 Å². The average molecular weight is 422 g/mol. The van der Waals surface area contributed by atoms with Crippen molar-refractivity contribution in [3.8, 4) is 17.2 Å². The molecule has 0 saturated carbocycles. The molecule has 0 spiro atoms. The standard InChI is InChI=1S/C23H39N3O4/c1-23(2,3)21-17(9-8-14-30-21)15-26-22(24-4)25-13-12-16-10-11-18(27-5)20(29-7)19(16)28-6/h10-11,17,21H,8-9,12-15H2,1-7H3,(H2,24,25,26). The van der Waals surface area contributed by atoms with Crippen LogP contribution in [-0.2, 0) is 11.2 Å². The van der Waals surface area contributed by atoms with E-state index in [9.17, 15) is 0 Å². The van der Waals surface area contributed by atoms with E-state index in [-0.39, 0.29) is 11.5 Å². The van der Waals surface area contributed by atoms with Gasteiger partial charge in [-0.2, -0.15) is 0 Å². The molecule has 170 valence electrons. The van der Waals surface area contributed by atoms with E-state index in [1.165, 1.54) is 6.42 Å². The molecule has 7 heteroatoms. The van der Waals surface area contributed by atoms with Crippen molar-refractivity contribution < 1.29 is 18.9 Å². The number of nitrogens with zero attached hydrogens (tertiary/aromatic N) is 1. The van der Waals surface area contributed by atoms with Crippen LogP contribution in [0.4, 0.5) is 0 Å². The molecular formula is C23H39N3O4. The van der Waals surface area contributed by atoms with Crippen molar-refractivity contribution in [3.63, 3.8) is 0 Å². The molecule has 2 N–H and O–H groups in total. The number of hydrogen-bond donors (Lipinski definition) is 2. The van der Waals surface area contributed by atoms with Gasteiger partial charge in [-0.05, 0) is 30.7 Å². The summed E-state index contributed by atoms with van der Waals surface area (Å²) in [6, 6.07) is 3.91. The van der Waals surface area contributed by atoms with Crippen molar-refractivity contribution in [2.45, 2.75) is 46.1 Å². The van der Waals surface area contributed by atoms with Crippen LogP contribution in [0, 0.1) is 11.3 Å². The predicted octanol–water partition coefficient (Wildman–Crippen LogP) is 3.26. The van der Waals surface area contributed by atoms with E-state index in [1.54, 1.807) is 28.4 Å². The van der Waals surface area contributed by atoms with Crippen molar-refractivity contribution in [1.29, 1.82) is 0 Å². The van der Waals surface area contributed by atoms with Crippen molar-refractivity contribution in [3.05, 3.63) is 17.7 Å². The van der Waals surface area contributed by atoms with Crippen molar-refractivity contribution in [1.82, 2.24) is 10.6 Å². The third-order valence-corrected chi connectivity index (χ3v) is 5.53. The molecule has 2 atom stereocenters. The second-order valence-corrected chi connectivity index (χ2v) is 8.68. The number of methoxy groups -OCH3 is 3. The fraction of sp³-hybridized carbons (Fsp3) is 0.696. The third kappa shape index (κ3) is 6.17. The van der Waals surface area contributed by atoms with Gasteiger partial charge in [0, 0.05) is 38.2 Å². The van der Waals surface area contributed by atoms with E-state index in [0.717, 1.165) is 44.1 Å². The van der Waals surface area contributed by atoms with Crippen LogP contribution in [-0.4, -0.2) is 60.1 Å². The molecule has 1 aliphatic rings. The smallest absolute Gasteiger partial charge is 0.203 e. The topological polar surface area (TPSA) is 73.3 Å². The summed E-state index contributed by atoms with van der Waals surface area (Å²) < 4.78 is 22.5. The summed E-state index contributed by atoms with van der Waals surface area (Å²) in [6.45, 7) is 9.17. The van der Waals surface area contributed by atoms with Crippen molar-refractivity contribution in [2.24, 2.45) is 16.3 Å². The van der Waals surface area contributed by atoms with Gasteiger partial charge in [-0.1, -0.05) is 26.8 Å². The summed E-state index contributed by atoms with van der Waals surface area (Å²) in [5.74, 6) is 3.25. The van der Waals surface area contributed by atoms with E-state index < -0.39 is 0 Å². The molecule has 1 aromatic rings. The molecule has 7 nitrogen and oxygen atoms in total. The molecule has 30 heavy (non-hydrogen) atoms. The summed E-state index contributed by atoms with van der Waals surface area (Å²) in [5, 5.41) is 6.88. The van der Waals surface area contributed by atoms with Gasteiger partial charge >= 0.3 is 0 Å². The first-order chi connectivity index (χ1) is 14.3. The first kappa shape index (κ1) is 24.1. The van der Waals surface area contributed by atoms with Gasteiger partial charge in [0.05, 0.1) is 27.4 Å². The van der Waals surface area contributed by atoms with Gasteiger partial charge in [0.25, 0.3) is 0 Å². The Morgan fingerprint density at radius 3 is 2.43 bits per heavy atom. The highest BCUT2D eigenvalue weighted by Crippen LogP contribution is 2.39. The maximum absolute atomic E-state index is 6.09. The van der Waals surface area contributed by atoms with E-state index in [0.29, 0.717) is 23.2 Å². The largest absolute Gasteiger partial charge is 0.493 e. The summed E-state index contributed by atoms with van der Waals surface area (Å²) in [6.07, 6.45) is 3.31. The monoisotopic (exact) mass is 421 g/mol.